The van der Waals surface area contributed by atoms with Gasteiger partial charge in [-0.2, -0.15) is 8.78 Å². The summed E-state index contributed by atoms with van der Waals surface area (Å²) in [6.45, 7) is 7.21. The molecule has 0 aliphatic carbocycles. The van der Waals surface area contributed by atoms with Crippen LogP contribution in [-0.4, -0.2) is 12.7 Å². The van der Waals surface area contributed by atoms with Crippen molar-refractivity contribution in [1.82, 2.24) is 0 Å². The maximum atomic E-state index is 12.0. The molecule has 0 bridgehead atoms. The van der Waals surface area contributed by atoms with Gasteiger partial charge in [0.2, 0.25) is 0 Å². The fourth-order valence-electron chi connectivity index (χ4n) is 2.11. The third kappa shape index (κ3) is 4.55. The first-order chi connectivity index (χ1) is 5.86. The standard InChI is InChI=1S/C10H20F2O/c1-6(2)9(7(3)4)8(5)13-10(11)12/h6-10H,1-5H3. The Labute approximate surface area is 79.5 Å². The molecule has 0 aromatic rings. The minimum Gasteiger partial charge on any atom is -0.320 e. The molecule has 0 amide bonds. The molecule has 13 heavy (non-hydrogen) atoms. The monoisotopic (exact) mass is 194 g/mol. The summed E-state index contributed by atoms with van der Waals surface area (Å²) in [6, 6.07) is 0. The van der Waals surface area contributed by atoms with E-state index in [1.807, 2.05) is 27.7 Å². The summed E-state index contributed by atoms with van der Waals surface area (Å²) in [5, 5.41) is 0. The fraction of sp³-hybridized carbons (Fsp3) is 1.00. The van der Waals surface area contributed by atoms with E-state index in [1.54, 1.807) is 6.92 Å². The van der Waals surface area contributed by atoms with Crippen LogP contribution >= 0.6 is 0 Å². The lowest BCUT2D eigenvalue weighted by atomic mass is 9.82. The SMILES string of the molecule is CC(C)C(C(C)C)C(C)OC(F)F. The molecule has 1 atom stereocenters. The second-order valence-electron chi connectivity index (χ2n) is 4.17. The molecule has 0 heterocycles. The Hall–Kier alpha value is -0.180. The van der Waals surface area contributed by atoms with Crippen molar-refractivity contribution in [3.05, 3.63) is 0 Å². The van der Waals surface area contributed by atoms with E-state index >= 15 is 0 Å². The van der Waals surface area contributed by atoms with E-state index in [0.29, 0.717) is 11.8 Å². The lowest BCUT2D eigenvalue weighted by Crippen LogP contribution is -2.31. The van der Waals surface area contributed by atoms with Crippen molar-refractivity contribution in [1.29, 1.82) is 0 Å². The first kappa shape index (κ1) is 12.8. The van der Waals surface area contributed by atoms with Gasteiger partial charge in [-0.1, -0.05) is 27.7 Å². The molecule has 0 aliphatic heterocycles. The molecule has 0 saturated carbocycles. The molecule has 0 saturated heterocycles. The number of ether oxygens (including phenoxy) is 1. The molecule has 1 nitrogen and oxygen atoms in total. The summed E-state index contributed by atoms with van der Waals surface area (Å²) in [5.41, 5.74) is 0. The highest BCUT2D eigenvalue weighted by Crippen LogP contribution is 2.26. The van der Waals surface area contributed by atoms with E-state index < -0.39 is 6.61 Å². The lowest BCUT2D eigenvalue weighted by Gasteiger charge is -2.30. The van der Waals surface area contributed by atoms with E-state index in [1.165, 1.54) is 0 Å². The van der Waals surface area contributed by atoms with E-state index in [9.17, 15) is 8.78 Å². The lowest BCUT2D eigenvalue weighted by molar-refractivity contribution is -0.179. The molecule has 0 radical (unpaired) electrons. The highest BCUT2D eigenvalue weighted by atomic mass is 19.3. The Bertz CT molecular complexity index is 127. The zero-order chi connectivity index (χ0) is 10.6. The van der Waals surface area contributed by atoms with Crippen LogP contribution in [0.15, 0.2) is 0 Å². The smallest absolute Gasteiger partial charge is 0.320 e. The Morgan fingerprint density at radius 3 is 1.46 bits per heavy atom. The third-order valence-electron chi connectivity index (χ3n) is 2.40. The van der Waals surface area contributed by atoms with E-state index in [4.69, 9.17) is 0 Å². The molecule has 80 valence electrons. The van der Waals surface area contributed by atoms with Crippen molar-refractivity contribution in [3.8, 4) is 0 Å². The molecule has 0 rings (SSSR count). The maximum Gasteiger partial charge on any atom is 0.345 e. The number of hydrogen-bond acceptors (Lipinski definition) is 1. The molecular formula is C10H20F2O. The summed E-state index contributed by atoms with van der Waals surface area (Å²) in [4.78, 5) is 0. The molecule has 0 aromatic heterocycles. The number of alkyl halides is 2. The van der Waals surface area contributed by atoms with Gasteiger partial charge in [0.25, 0.3) is 0 Å². The molecule has 0 aliphatic rings. The van der Waals surface area contributed by atoms with Gasteiger partial charge < -0.3 is 4.74 Å². The van der Waals surface area contributed by atoms with Crippen LogP contribution in [0, 0.1) is 17.8 Å². The van der Waals surface area contributed by atoms with Gasteiger partial charge in [0.05, 0.1) is 6.10 Å². The topological polar surface area (TPSA) is 9.23 Å². The first-order valence-corrected chi connectivity index (χ1v) is 4.79. The highest BCUT2D eigenvalue weighted by Gasteiger charge is 2.26. The van der Waals surface area contributed by atoms with Gasteiger partial charge in [0.15, 0.2) is 0 Å². The van der Waals surface area contributed by atoms with Gasteiger partial charge in [0, 0.05) is 0 Å². The van der Waals surface area contributed by atoms with Gasteiger partial charge in [0.1, 0.15) is 0 Å². The van der Waals surface area contributed by atoms with Crippen LogP contribution in [0.5, 0.6) is 0 Å². The predicted molar refractivity (Wildman–Crippen MR) is 49.7 cm³/mol. The minimum atomic E-state index is -2.66. The van der Waals surface area contributed by atoms with Crippen molar-refractivity contribution >= 4 is 0 Å². The van der Waals surface area contributed by atoms with Crippen LogP contribution in [-0.2, 0) is 4.74 Å². The van der Waals surface area contributed by atoms with Crippen LogP contribution < -0.4 is 0 Å². The minimum absolute atomic E-state index is 0.189. The van der Waals surface area contributed by atoms with Crippen LogP contribution in [0.25, 0.3) is 0 Å². The second kappa shape index (κ2) is 5.53. The Balaban J connectivity index is 4.20. The Morgan fingerprint density at radius 2 is 1.23 bits per heavy atom. The quantitative estimate of drug-likeness (QED) is 0.650. The van der Waals surface area contributed by atoms with Crippen molar-refractivity contribution in [2.24, 2.45) is 17.8 Å². The van der Waals surface area contributed by atoms with E-state index in [2.05, 4.69) is 4.74 Å². The predicted octanol–water partition coefficient (Wildman–Crippen LogP) is 3.54. The maximum absolute atomic E-state index is 12.0. The Kier molecular flexibility index (Phi) is 5.45. The van der Waals surface area contributed by atoms with Crippen LogP contribution in [0.2, 0.25) is 0 Å². The van der Waals surface area contributed by atoms with Crippen LogP contribution in [0.4, 0.5) is 8.78 Å². The summed E-state index contributed by atoms with van der Waals surface area (Å²) < 4.78 is 28.4. The molecule has 0 spiro atoms. The average molecular weight is 194 g/mol. The van der Waals surface area contributed by atoms with Gasteiger partial charge in [-0.25, -0.2) is 0 Å². The van der Waals surface area contributed by atoms with Crippen molar-refractivity contribution < 1.29 is 13.5 Å². The Morgan fingerprint density at radius 1 is 0.846 bits per heavy atom. The van der Waals surface area contributed by atoms with Gasteiger partial charge in [-0.05, 0) is 24.7 Å². The van der Waals surface area contributed by atoms with Crippen LogP contribution in [0.1, 0.15) is 34.6 Å². The van der Waals surface area contributed by atoms with Crippen molar-refractivity contribution in [2.45, 2.75) is 47.3 Å². The molecule has 3 heteroatoms. The molecule has 1 unspecified atom stereocenters. The van der Waals surface area contributed by atoms with Crippen molar-refractivity contribution in [3.63, 3.8) is 0 Å². The van der Waals surface area contributed by atoms with Gasteiger partial charge in [-0.15, -0.1) is 0 Å². The molecule has 0 aromatic carbocycles. The second-order valence-corrected chi connectivity index (χ2v) is 4.17. The number of halogens is 2. The third-order valence-corrected chi connectivity index (χ3v) is 2.40. The van der Waals surface area contributed by atoms with Gasteiger partial charge >= 0.3 is 6.61 Å². The molecular weight excluding hydrogens is 174 g/mol. The number of hydrogen-bond donors (Lipinski definition) is 0. The summed E-state index contributed by atoms with van der Waals surface area (Å²) in [5.74, 6) is 0.927. The fourth-order valence-corrected chi connectivity index (χ4v) is 2.11. The summed E-state index contributed by atoms with van der Waals surface area (Å²) >= 11 is 0. The summed E-state index contributed by atoms with van der Waals surface area (Å²) in [6.07, 6.45) is -0.375. The number of rotatable bonds is 5. The van der Waals surface area contributed by atoms with Gasteiger partial charge in [-0.3, -0.25) is 0 Å². The van der Waals surface area contributed by atoms with E-state index in [0.717, 1.165) is 0 Å². The normalized spacial score (nSPS) is 15.0. The largest absolute Gasteiger partial charge is 0.345 e. The summed E-state index contributed by atoms with van der Waals surface area (Å²) in [7, 11) is 0. The zero-order valence-electron chi connectivity index (χ0n) is 9.05. The average Bonchev–Trinajstić information content (AvgIpc) is 1.81. The zero-order valence-corrected chi connectivity index (χ0v) is 9.05. The first-order valence-electron chi connectivity index (χ1n) is 4.79. The van der Waals surface area contributed by atoms with Crippen molar-refractivity contribution in [2.75, 3.05) is 0 Å². The van der Waals surface area contributed by atoms with E-state index in [-0.39, 0.29) is 12.0 Å². The molecule has 0 fully saturated rings. The molecule has 0 N–H and O–H groups in total. The highest BCUT2D eigenvalue weighted by molar-refractivity contribution is 4.72. The van der Waals surface area contributed by atoms with Crippen LogP contribution in [0.3, 0.4) is 0 Å².